The Kier molecular flexibility index (Phi) is 2.59. The molecule has 2 heteroatoms. The van der Waals surface area contributed by atoms with Crippen LogP contribution in [-0.4, -0.2) is 7.05 Å². The summed E-state index contributed by atoms with van der Waals surface area (Å²) in [5, 5.41) is 3.12. The summed E-state index contributed by atoms with van der Waals surface area (Å²) in [7, 11) is 1.91. The first-order valence-corrected chi connectivity index (χ1v) is 4.94. The lowest BCUT2D eigenvalue weighted by Gasteiger charge is -2.07. The van der Waals surface area contributed by atoms with Crippen LogP contribution in [0.25, 0.3) is 11.1 Å². The van der Waals surface area contributed by atoms with Crippen molar-refractivity contribution in [3.8, 4) is 11.1 Å². The van der Waals surface area contributed by atoms with E-state index in [-0.39, 0.29) is 0 Å². The molecule has 2 nitrogen and oxygen atoms in total. The monoisotopic (exact) mass is 198 g/mol. The van der Waals surface area contributed by atoms with Crippen molar-refractivity contribution in [1.29, 1.82) is 0 Å². The molecule has 76 valence electrons. The number of nitrogens with two attached hydrogens (primary N) is 1. The summed E-state index contributed by atoms with van der Waals surface area (Å²) in [5.74, 6) is 0. The summed E-state index contributed by atoms with van der Waals surface area (Å²) in [6.07, 6.45) is 0. The maximum absolute atomic E-state index is 5.92. The maximum Gasteiger partial charge on any atom is 0.0393 e. The largest absolute Gasteiger partial charge is 0.398 e. The minimum absolute atomic E-state index is 0.811. The number of hydrogen-bond acceptors (Lipinski definition) is 2. The van der Waals surface area contributed by atoms with Gasteiger partial charge >= 0.3 is 0 Å². The smallest absolute Gasteiger partial charge is 0.0393 e. The van der Waals surface area contributed by atoms with Gasteiger partial charge in [-0.05, 0) is 23.8 Å². The first-order chi connectivity index (χ1) is 7.31. The van der Waals surface area contributed by atoms with Crippen molar-refractivity contribution in [3.63, 3.8) is 0 Å². The van der Waals surface area contributed by atoms with Crippen molar-refractivity contribution >= 4 is 11.4 Å². The number of nitrogens with one attached hydrogen (secondary N) is 1. The summed E-state index contributed by atoms with van der Waals surface area (Å²) >= 11 is 0. The number of anilines is 2. The Morgan fingerprint density at radius 2 is 1.80 bits per heavy atom. The van der Waals surface area contributed by atoms with Gasteiger partial charge in [0.05, 0.1) is 0 Å². The summed E-state index contributed by atoms with van der Waals surface area (Å²) in [6.45, 7) is 0. The number of para-hydroxylation sites is 1. The van der Waals surface area contributed by atoms with Gasteiger partial charge in [-0.15, -0.1) is 0 Å². The van der Waals surface area contributed by atoms with Crippen molar-refractivity contribution in [2.75, 3.05) is 18.1 Å². The van der Waals surface area contributed by atoms with Gasteiger partial charge in [-0.25, -0.2) is 0 Å². The van der Waals surface area contributed by atoms with Gasteiger partial charge in [-0.3, -0.25) is 0 Å². The van der Waals surface area contributed by atoms with Crippen LogP contribution in [-0.2, 0) is 0 Å². The molecule has 0 aliphatic carbocycles. The van der Waals surface area contributed by atoms with Crippen molar-refractivity contribution in [3.05, 3.63) is 48.5 Å². The number of nitrogen functional groups attached to an aromatic ring is 1. The predicted molar refractivity (Wildman–Crippen MR) is 65.8 cm³/mol. The predicted octanol–water partition coefficient (Wildman–Crippen LogP) is 2.98. The zero-order valence-corrected chi connectivity index (χ0v) is 8.70. The van der Waals surface area contributed by atoms with Gasteiger partial charge in [0.2, 0.25) is 0 Å². The van der Waals surface area contributed by atoms with Crippen LogP contribution in [0.4, 0.5) is 11.4 Å². The molecule has 0 radical (unpaired) electrons. The SMILES string of the molecule is CNc1cccc(-c2ccccc2N)c1. The lowest BCUT2D eigenvalue weighted by Crippen LogP contribution is -1.91. The molecule has 0 heterocycles. The molecule has 0 aliphatic rings. The molecule has 15 heavy (non-hydrogen) atoms. The van der Waals surface area contributed by atoms with Gasteiger partial charge in [-0.1, -0.05) is 30.3 Å². The van der Waals surface area contributed by atoms with E-state index in [0.717, 1.165) is 22.5 Å². The molecule has 0 aliphatic heterocycles. The normalized spacial score (nSPS) is 9.93. The number of rotatable bonds is 2. The molecule has 0 aromatic heterocycles. The second-order valence-electron chi connectivity index (χ2n) is 3.42. The van der Waals surface area contributed by atoms with Crippen LogP contribution >= 0.6 is 0 Å². The lowest BCUT2D eigenvalue weighted by atomic mass is 10.0. The minimum Gasteiger partial charge on any atom is -0.398 e. The van der Waals surface area contributed by atoms with Crippen LogP contribution in [0.2, 0.25) is 0 Å². The standard InChI is InChI=1S/C13H14N2/c1-15-11-6-4-5-10(9-11)12-7-2-3-8-13(12)14/h2-9,15H,14H2,1H3. The highest BCUT2D eigenvalue weighted by molar-refractivity contribution is 5.78. The van der Waals surface area contributed by atoms with E-state index >= 15 is 0 Å². The molecule has 0 saturated heterocycles. The molecule has 0 spiro atoms. The molecular weight excluding hydrogens is 184 g/mol. The van der Waals surface area contributed by atoms with Gasteiger partial charge in [0.15, 0.2) is 0 Å². The Balaban J connectivity index is 2.49. The van der Waals surface area contributed by atoms with Crippen LogP contribution < -0.4 is 11.1 Å². The average Bonchev–Trinajstić information content (AvgIpc) is 2.30. The van der Waals surface area contributed by atoms with Gasteiger partial charge in [0, 0.05) is 24.0 Å². The summed E-state index contributed by atoms with van der Waals surface area (Å²) in [6, 6.07) is 16.1. The second-order valence-corrected chi connectivity index (χ2v) is 3.42. The third-order valence-electron chi connectivity index (χ3n) is 2.42. The van der Waals surface area contributed by atoms with E-state index < -0.39 is 0 Å². The highest BCUT2D eigenvalue weighted by Crippen LogP contribution is 2.27. The quantitative estimate of drug-likeness (QED) is 0.728. The van der Waals surface area contributed by atoms with Gasteiger partial charge in [0.25, 0.3) is 0 Å². The molecule has 0 atom stereocenters. The first-order valence-electron chi connectivity index (χ1n) is 4.94. The molecule has 3 N–H and O–H groups in total. The van der Waals surface area contributed by atoms with Gasteiger partial charge < -0.3 is 11.1 Å². The fourth-order valence-corrected chi connectivity index (χ4v) is 1.60. The fourth-order valence-electron chi connectivity index (χ4n) is 1.60. The minimum atomic E-state index is 0.811. The molecule has 0 amide bonds. The Morgan fingerprint density at radius 3 is 2.53 bits per heavy atom. The fraction of sp³-hybridized carbons (Fsp3) is 0.0769. The molecule has 0 fully saturated rings. The van der Waals surface area contributed by atoms with E-state index in [4.69, 9.17) is 5.73 Å². The van der Waals surface area contributed by atoms with Gasteiger partial charge in [0.1, 0.15) is 0 Å². The molecule has 2 aromatic rings. The number of hydrogen-bond donors (Lipinski definition) is 2. The van der Waals surface area contributed by atoms with E-state index in [9.17, 15) is 0 Å². The third-order valence-corrected chi connectivity index (χ3v) is 2.42. The Morgan fingerprint density at radius 1 is 1.00 bits per heavy atom. The van der Waals surface area contributed by atoms with E-state index in [2.05, 4.69) is 17.4 Å². The van der Waals surface area contributed by atoms with Crippen molar-refractivity contribution in [2.45, 2.75) is 0 Å². The first kappa shape index (κ1) is 9.59. The van der Waals surface area contributed by atoms with E-state index in [0.29, 0.717) is 0 Å². The van der Waals surface area contributed by atoms with Crippen LogP contribution in [0.5, 0.6) is 0 Å². The molecular formula is C13H14N2. The third kappa shape index (κ3) is 1.94. The van der Waals surface area contributed by atoms with Crippen molar-refractivity contribution in [2.24, 2.45) is 0 Å². The van der Waals surface area contributed by atoms with Gasteiger partial charge in [-0.2, -0.15) is 0 Å². The molecule has 2 aromatic carbocycles. The van der Waals surface area contributed by atoms with Crippen LogP contribution in [0.3, 0.4) is 0 Å². The van der Waals surface area contributed by atoms with Crippen molar-refractivity contribution < 1.29 is 0 Å². The highest BCUT2D eigenvalue weighted by atomic mass is 14.8. The zero-order valence-electron chi connectivity index (χ0n) is 8.70. The Bertz CT molecular complexity index is 464. The summed E-state index contributed by atoms with van der Waals surface area (Å²) in [4.78, 5) is 0. The molecule has 0 bridgehead atoms. The summed E-state index contributed by atoms with van der Waals surface area (Å²) < 4.78 is 0. The Hall–Kier alpha value is -1.96. The molecule has 0 unspecified atom stereocenters. The number of benzene rings is 2. The van der Waals surface area contributed by atoms with Crippen molar-refractivity contribution in [1.82, 2.24) is 0 Å². The van der Waals surface area contributed by atoms with Crippen LogP contribution in [0.1, 0.15) is 0 Å². The molecule has 2 rings (SSSR count). The van der Waals surface area contributed by atoms with Crippen LogP contribution in [0.15, 0.2) is 48.5 Å². The van der Waals surface area contributed by atoms with E-state index in [1.165, 1.54) is 0 Å². The average molecular weight is 198 g/mol. The zero-order chi connectivity index (χ0) is 10.7. The summed E-state index contributed by atoms with van der Waals surface area (Å²) in [5.41, 5.74) is 10.0. The van der Waals surface area contributed by atoms with E-state index in [1.807, 2.05) is 43.4 Å². The van der Waals surface area contributed by atoms with E-state index in [1.54, 1.807) is 0 Å². The molecule has 0 saturated carbocycles. The second kappa shape index (κ2) is 4.05. The maximum atomic E-state index is 5.92. The highest BCUT2D eigenvalue weighted by Gasteiger charge is 2.01. The lowest BCUT2D eigenvalue weighted by molar-refractivity contribution is 1.51. The topological polar surface area (TPSA) is 38.0 Å². The Labute approximate surface area is 89.7 Å². The van der Waals surface area contributed by atoms with Crippen LogP contribution in [0, 0.1) is 0 Å².